The number of ether oxygens (including phenoxy) is 1. The third kappa shape index (κ3) is 5.16. The normalized spacial score (nSPS) is 11.4. The van der Waals surface area contributed by atoms with E-state index >= 15 is 0 Å². The Morgan fingerprint density at radius 2 is 1.79 bits per heavy atom. The van der Waals surface area contributed by atoms with Crippen LogP contribution in [0.5, 0.6) is 0 Å². The Morgan fingerprint density at radius 3 is 2.46 bits per heavy atom. The number of fused-ring (bicyclic) bond motifs is 1. The minimum Gasteiger partial charge on any atom is -0.458 e. The SMILES string of the molecule is CC(C)(C)c1ccc(C(=O)NCCC(=O)OCc2nc3ccccc3s2)cc1. The number of para-hydroxylation sites is 1. The molecule has 5 nitrogen and oxygen atoms in total. The van der Waals surface area contributed by atoms with Gasteiger partial charge in [0.15, 0.2) is 0 Å². The molecule has 1 aromatic heterocycles. The van der Waals surface area contributed by atoms with Gasteiger partial charge in [0, 0.05) is 12.1 Å². The average Bonchev–Trinajstić information content (AvgIpc) is 3.09. The van der Waals surface area contributed by atoms with Crippen LogP contribution in [0.25, 0.3) is 10.2 Å². The predicted octanol–water partition coefficient (Wildman–Crippen LogP) is 4.46. The number of thiazole rings is 1. The number of carbonyl (C=O) groups excluding carboxylic acids is 2. The van der Waals surface area contributed by atoms with Crippen LogP contribution >= 0.6 is 11.3 Å². The second kappa shape index (κ2) is 8.52. The van der Waals surface area contributed by atoms with Crippen LogP contribution in [0.1, 0.15) is 48.1 Å². The highest BCUT2D eigenvalue weighted by molar-refractivity contribution is 7.18. The number of nitrogens with one attached hydrogen (secondary N) is 1. The topological polar surface area (TPSA) is 68.3 Å². The molecule has 3 rings (SSSR count). The van der Waals surface area contributed by atoms with E-state index in [9.17, 15) is 9.59 Å². The monoisotopic (exact) mass is 396 g/mol. The van der Waals surface area contributed by atoms with E-state index in [2.05, 4.69) is 31.1 Å². The Bertz CT molecular complexity index is 938. The number of esters is 1. The van der Waals surface area contributed by atoms with Crippen molar-refractivity contribution in [3.8, 4) is 0 Å². The first-order valence-electron chi connectivity index (χ1n) is 9.22. The smallest absolute Gasteiger partial charge is 0.307 e. The standard InChI is InChI=1S/C22H24N2O3S/c1-22(2,3)16-10-8-15(9-11-16)21(26)23-13-12-20(25)27-14-19-24-17-6-4-5-7-18(17)28-19/h4-11H,12-14H2,1-3H3,(H,23,26). The van der Waals surface area contributed by atoms with Crippen molar-refractivity contribution in [2.45, 2.75) is 39.2 Å². The lowest BCUT2D eigenvalue weighted by Gasteiger charge is -2.19. The highest BCUT2D eigenvalue weighted by Gasteiger charge is 2.14. The molecule has 0 atom stereocenters. The van der Waals surface area contributed by atoms with Crippen molar-refractivity contribution >= 4 is 33.4 Å². The van der Waals surface area contributed by atoms with E-state index < -0.39 is 0 Å². The second-order valence-electron chi connectivity index (χ2n) is 7.57. The summed E-state index contributed by atoms with van der Waals surface area (Å²) in [5.74, 6) is -0.554. The minimum atomic E-state index is -0.359. The van der Waals surface area contributed by atoms with E-state index in [1.807, 2.05) is 36.4 Å². The number of rotatable bonds is 6. The molecule has 0 saturated carbocycles. The van der Waals surface area contributed by atoms with Crippen LogP contribution in [0.4, 0.5) is 0 Å². The Labute approximate surface area is 168 Å². The molecule has 0 bridgehead atoms. The molecule has 6 heteroatoms. The maximum atomic E-state index is 12.2. The highest BCUT2D eigenvalue weighted by Crippen LogP contribution is 2.23. The molecule has 0 radical (unpaired) electrons. The van der Waals surface area contributed by atoms with Crippen molar-refractivity contribution in [2.75, 3.05) is 6.54 Å². The molecule has 2 aromatic carbocycles. The quantitative estimate of drug-likeness (QED) is 0.625. The zero-order chi connectivity index (χ0) is 20.1. The van der Waals surface area contributed by atoms with Crippen molar-refractivity contribution < 1.29 is 14.3 Å². The molecule has 0 unspecified atom stereocenters. The van der Waals surface area contributed by atoms with Gasteiger partial charge in [0.25, 0.3) is 5.91 Å². The van der Waals surface area contributed by atoms with Gasteiger partial charge in [-0.2, -0.15) is 0 Å². The summed E-state index contributed by atoms with van der Waals surface area (Å²) in [7, 11) is 0. The predicted molar refractivity (Wildman–Crippen MR) is 112 cm³/mol. The third-order valence-corrected chi connectivity index (χ3v) is 5.33. The largest absolute Gasteiger partial charge is 0.458 e. The molecular formula is C22H24N2O3S. The lowest BCUT2D eigenvalue weighted by molar-refractivity contribution is -0.144. The van der Waals surface area contributed by atoms with Crippen molar-refractivity contribution in [1.29, 1.82) is 0 Å². The number of hydrogen-bond donors (Lipinski definition) is 1. The van der Waals surface area contributed by atoms with Crippen LogP contribution in [0, 0.1) is 0 Å². The summed E-state index contributed by atoms with van der Waals surface area (Å²) >= 11 is 1.51. The average molecular weight is 397 g/mol. The van der Waals surface area contributed by atoms with Gasteiger partial charge in [-0.05, 0) is 35.2 Å². The van der Waals surface area contributed by atoms with Crippen LogP contribution < -0.4 is 5.32 Å². The fourth-order valence-corrected chi connectivity index (χ4v) is 3.58. The molecule has 146 valence electrons. The van der Waals surface area contributed by atoms with E-state index in [-0.39, 0.29) is 36.9 Å². The van der Waals surface area contributed by atoms with Crippen LogP contribution in [-0.2, 0) is 21.6 Å². The Hall–Kier alpha value is -2.73. The molecule has 1 amide bonds. The molecular weight excluding hydrogens is 372 g/mol. The molecule has 0 spiro atoms. The summed E-state index contributed by atoms with van der Waals surface area (Å²) in [4.78, 5) is 28.5. The zero-order valence-corrected chi connectivity index (χ0v) is 17.1. The van der Waals surface area contributed by atoms with E-state index in [4.69, 9.17) is 4.74 Å². The molecule has 0 aliphatic carbocycles. The lowest BCUT2D eigenvalue weighted by atomic mass is 9.87. The molecule has 28 heavy (non-hydrogen) atoms. The van der Waals surface area contributed by atoms with E-state index in [1.165, 1.54) is 16.9 Å². The van der Waals surface area contributed by atoms with Gasteiger partial charge in [0.2, 0.25) is 0 Å². The minimum absolute atomic E-state index is 0.0437. The van der Waals surface area contributed by atoms with Crippen molar-refractivity contribution in [3.63, 3.8) is 0 Å². The molecule has 0 fully saturated rings. The van der Waals surface area contributed by atoms with Gasteiger partial charge in [-0.15, -0.1) is 11.3 Å². The maximum Gasteiger partial charge on any atom is 0.307 e. The fourth-order valence-electron chi connectivity index (χ4n) is 2.70. The fraction of sp³-hybridized carbons (Fsp3) is 0.318. The summed E-state index contributed by atoms with van der Waals surface area (Å²) in [5, 5.41) is 3.52. The molecule has 0 saturated heterocycles. The van der Waals surface area contributed by atoms with Gasteiger partial charge in [-0.1, -0.05) is 45.0 Å². The number of aromatic nitrogens is 1. The summed E-state index contributed by atoms with van der Waals surface area (Å²) in [6.07, 6.45) is 0.122. The van der Waals surface area contributed by atoms with Gasteiger partial charge in [0.05, 0.1) is 16.6 Å². The first-order valence-corrected chi connectivity index (χ1v) is 10.0. The highest BCUT2D eigenvalue weighted by atomic mass is 32.1. The number of hydrogen-bond acceptors (Lipinski definition) is 5. The van der Waals surface area contributed by atoms with E-state index in [0.29, 0.717) is 5.56 Å². The molecule has 0 aliphatic rings. The van der Waals surface area contributed by atoms with Gasteiger partial charge in [-0.3, -0.25) is 9.59 Å². The lowest BCUT2D eigenvalue weighted by Crippen LogP contribution is -2.26. The third-order valence-electron chi connectivity index (χ3n) is 4.32. The summed E-state index contributed by atoms with van der Waals surface area (Å²) in [5.41, 5.74) is 2.70. The van der Waals surface area contributed by atoms with Crippen molar-refractivity contribution in [1.82, 2.24) is 10.3 Å². The van der Waals surface area contributed by atoms with Gasteiger partial charge in [0.1, 0.15) is 11.6 Å². The van der Waals surface area contributed by atoms with Crippen LogP contribution in [0.3, 0.4) is 0 Å². The summed E-state index contributed by atoms with van der Waals surface area (Å²) < 4.78 is 6.32. The summed E-state index contributed by atoms with van der Waals surface area (Å²) in [6.45, 7) is 6.77. The Kier molecular flexibility index (Phi) is 6.09. The molecule has 0 aliphatic heterocycles. The summed E-state index contributed by atoms with van der Waals surface area (Å²) in [6, 6.07) is 15.3. The van der Waals surface area contributed by atoms with Gasteiger partial charge >= 0.3 is 5.97 Å². The Morgan fingerprint density at radius 1 is 1.07 bits per heavy atom. The van der Waals surface area contributed by atoms with Crippen LogP contribution in [0.15, 0.2) is 48.5 Å². The van der Waals surface area contributed by atoms with Gasteiger partial charge in [-0.25, -0.2) is 4.98 Å². The Balaban J connectivity index is 1.42. The molecule has 1 heterocycles. The first kappa shape index (κ1) is 20.0. The van der Waals surface area contributed by atoms with E-state index in [0.717, 1.165) is 15.2 Å². The number of nitrogens with zero attached hydrogens (tertiary/aromatic N) is 1. The first-order chi connectivity index (χ1) is 13.3. The molecule has 3 aromatic rings. The van der Waals surface area contributed by atoms with Crippen LogP contribution in [0.2, 0.25) is 0 Å². The van der Waals surface area contributed by atoms with Gasteiger partial charge < -0.3 is 10.1 Å². The number of benzene rings is 2. The molecule has 1 N–H and O–H groups in total. The number of carbonyl (C=O) groups is 2. The number of amides is 1. The zero-order valence-electron chi connectivity index (χ0n) is 16.3. The second-order valence-corrected chi connectivity index (χ2v) is 8.68. The maximum absolute atomic E-state index is 12.2. The van der Waals surface area contributed by atoms with E-state index in [1.54, 1.807) is 12.1 Å². The van der Waals surface area contributed by atoms with Crippen molar-refractivity contribution in [3.05, 3.63) is 64.7 Å². The van der Waals surface area contributed by atoms with Crippen LogP contribution in [-0.4, -0.2) is 23.4 Å². The van der Waals surface area contributed by atoms with Crippen molar-refractivity contribution in [2.24, 2.45) is 0 Å².